The third-order valence-electron chi connectivity index (χ3n) is 5.09. The van der Waals surface area contributed by atoms with Crippen molar-refractivity contribution in [2.24, 2.45) is 0 Å². The molecule has 0 saturated heterocycles. The Hall–Kier alpha value is -2.62. The number of nitrogens with one attached hydrogen (secondary N) is 2. The number of fused-ring (bicyclic) bond motifs is 1. The largest absolute Gasteiger partial charge is 0.367 e. The van der Waals surface area contributed by atoms with Crippen LogP contribution in [0.1, 0.15) is 37.7 Å². The van der Waals surface area contributed by atoms with E-state index >= 15 is 0 Å². The molecule has 1 saturated carbocycles. The summed E-state index contributed by atoms with van der Waals surface area (Å²) in [6.07, 6.45) is 7.40. The van der Waals surface area contributed by atoms with Crippen molar-refractivity contribution < 1.29 is 0 Å². The zero-order valence-corrected chi connectivity index (χ0v) is 15.1. The minimum atomic E-state index is 0.527. The van der Waals surface area contributed by atoms with Crippen LogP contribution in [0.2, 0.25) is 0 Å². The number of anilines is 2. The topological polar surface area (TPSA) is 49.8 Å². The highest BCUT2D eigenvalue weighted by Crippen LogP contribution is 2.26. The van der Waals surface area contributed by atoms with Crippen LogP contribution in [0.15, 0.2) is 54.6 Å². The minimum Gasteiger partial charge on any atom is -0.367 e. The maximum Gasteiger partial charge on any atom is 0.225 e. The molecule has 0 radical (unpaired) electrons. The van der Waals surface area contributed by atoms with Gasteiger partial charge in [0.2, 0.25) is 5.95 Å². The summed E-state index contributed by atoms with van der Waals surface area (Å²) in [5.41, 5.74) is 2.31. The van der Waals surface area contributed by atoms with E-state index in [9.17, 15) is 0 Å². The van der Waals surface area contributed by atoms with Gasteiger partial charge in [-0.05, 0) is 37.0 Å². The molecule has 1 aliphatic rings. The van der Waals surface area contributed by atoms with Gasteiger partial charge in [-0.15, -0.1) is 0 Å². The Morgan fingerprint density at radius 2 is 1.62 bits per heavy atom. The summed E-state index contributed by atoms with van der Waals surface area (Å²) in [6.45, 7) is 0.825. The molecule has 4 heteroatoms. The van der Waals surface area contributed by atoms with Crippen molar-refractivity contribution in [3.8, 4) is 0 Å². The van der Waals surface area contributed by atoms with Crippen molar-refractivity contribution in [3.63, 3.8) is 0 Å². The molecule has 0 atom stereocenters. The molecule has 0 spiro atoms. The SMILES string of the molecule is c1ccc(CCNc2nc(NC3CCCCC3)c3ccccc3n2)cc1. The lowest BCUT2D eigenvalue weighted by atomic mass is 9.95. The number of rotatable bonds is 6. The van der Waals surface area contributed by atoms with Crippen LogP contribution in [0.4, 0.5) is 11.8 Å². The summed E-state index contributed by atoms with van der Waals surface area (Å²) in [4.78, 5) is 9.49. The predicted molar refractivity (Wildman–Crippen MR) is 109 cm³/mol. The van der Waals surface area contributed by atoms with E-state index in [1.165, 1.54) is 37.7 Å². The molecule has 1 fully saturated rings. The van der Waals surface area contributed by atoms with Gasteiger partial charge in [-0.1, -0.05) is 61.7 Å². The average molecular weight is 346 g/mol. The molecule has 3 aromatic rings. The first kappa shape index (κ1) is 16.8. The molecule has 0 amide bonds. The fourth-order valence-corrected chi connectivity index (χ4v) is 3.67. The van der Waals surface area contributed by atoms with Crippen molar-refractivity contribution in [1.29, 1.82) is 0 Å². The fourth-order valence-electron chi connectivity index (χ4n) is 3.67. The minimum absolute atomic E-state index is 0.527. The summed E-state index contributed by atoms with van der Waals surface area (Å²) in [7, 11) is 0. The maximum atomic E-state index is 4.79. The zero-order valence-electron chi connectivity index (χ0n) is 15.1. The molecule has 0 bridgehead atoms. The predicted octanol–water partition coefficient (Wildman–Crippen LogP) is 5.03. The Balaban J connectivity index is 1.51. The Bertz CT molecular complexity index is 841. The molecule has 26 heavy (non-hydrogen) atoms. The van der Waals surface area contributed by atoms with E-state index in [4.69, 9.17) is 9.97 Å². The van der Waals surface area contributed by atoms with Crippen LogP contribution in [-0.2, 0) is 6.42 Å². The van der Waals surface area contributed by atoms with Crippen molar-refractivity contribution in [1.82, 2.24) is 9.97 Å². The highest BCUT2D eigenvalue weighted by atomic mass is 15.1. The Labute approximate surface area is 155 Å². The van der Waals surface area contributed by atoms with Gasteiger partial charge in [0.05, 0.1) is 5.52 Å². The van der Waals surface area contributed by atoms with Crippen LogP contribution in [0.5, 0.6) is 0 Å². The molecular formula is C22H26N4. The van der Waals surface area contributed by atoms with Crippen LogP contribution < -0.4 is 10.6 Å². The van der Waals surface area contributed by atoms with E-state index < -0.39 is 0 Å². The second kappa shape index (κ2) is 8.17. The summed E-state index contributed by atoms with van der Waals surface area (Å²) in [6, 6.07) is 19.3. The van der Waals surface area contributed by atoms with Gasteiger partial charge in [-0.3, -0.25) is 0 Å². The van der Waals surface area contributed by atoms with E-state index in [2.05, 4.69) is 53.1 Å². The van der Waals surface area contributed by atoms with Gasteiger partial charge in [-0.2, -0.15) is 4.98 Å². The Kier molecular flexibility index (Phi) is 5.29. The number of hydrogen-bond acceptors (Lipinski definition) is 4. The number of benzene rings is 2. The molecule has 0 aliphatic heterocycles. The van der Waals surface area contributed by atoms with E-state index in [0.29, 0.717) is 12.0 Å². The van der Waals surface area contributed by atoms with Gasteiger partial charge in [0.25, 0.3) is 0 Å². The first-order valence-electron chi connectivity index (χ1n) is 9.69. The second-order valence-electron chi connectivity index (χ2n) is 7.05. The molecule has 1 aliphatic carbocycles. The third kappa shape index (κ3) is 4.13. The van der Waals surface area contributed by atoms with Gasteiger partial charge in [0.15, 0.2) is 0 Å². The van der Waals surface area contributed by atoms with E-state index in [1.54, 1.807) is 0 Å². The van der Waals surface area contributed by atoms with Crippen LogP contribution in [0, 0.1) is 0 Å². The van der Waals surface area contributed by atoms with Crippen LogP contribution >= 0.6 is 0 Å². The van der Waals surface area contributed by atoms with Crippen molar-refractivity contribution >= 4 is 22.7 Å². The van der Waals surface area contributed by atoms with Crippen LogP contribution in [0.25, 0.3) is 10.9 Å². The lowest BCUT2D eigenvalue weighted by Gasteiger charge is -2.24. The summed E-state index contributed by atoms with van der Waals surface area (Å²) in [5, 5.41) is 8.19. The molecule has 2 aromatic carbocycles. The lowest BCUT2D eigenvalue weighted by Crippen LogP contribution is -2.23. The molecule has 1 heterocycles. The van der Waals surface area contributed by atoms with E-state index in [1.807, 2.05) is 12.1 Å². The molecule has 134 valence electrons. The summed E-state index contributed by atoms with van der Waals surface area (Å²) >= 11 is 0. The van der Waals surface area contributed by atoms with Gasteiger partial charge >= 0.3 is 0 Å². The first-order chi connectivity index (χ1) is 12.9. The first-order valence-corrected chi connectivity index (χ1v) is 9.69. The zero-order chi connectivity index (χ0) is 17.6. The van der Waals surface area contributed by atoms with Crippen molar-refractivity contribution in [2.75, 3.05) is 17.2 Å². The van der Waals surface area contributed by atoms with Crippen molar-refractivity contribution in [3.05, 3.63) is 60.2 Å². The number of aromatic nitrogens is 2. The molecule has 1 aromatic heterocycles. The van der Waals surface area contributed by atoms with Gasteiger partial charge in [0.1, 0.15) is 5.82 Å². The lowest BCUT2D eigenvalue weighted by molar-refractivity contribution is 0.462. The molecular weight excluding hydrogens is 320 g/mol. The normalized spacial score (nSPS) is 15.1. The highest BCUT2D eigenvalue weighted by Gasteiger charge is 2.16. The number of hydrogen-bond donors (Lipinski definition) is 2. The highest BCUT2D eigenvalue weighted by molar-refractivity contribution is 5.90. The molecule has 2 N–H and O–H groups in total. The van der Waals surface area contributed by atoms with Crippen LogP contribution in [-0.4, -0.2) is 22.6 Å². The molecule has 4 nitrogen and oxygen atoms in total. The van der Waals surface area contributed by atoms with E-state index in [-0.39, 0.29) is 0 Å². The number of para-hydroxylation sites is 1. The second-order valence-corrected chi connectivity index (χ2v) is 7.05. The Morgan fingerprint density at radius 1 is 0.846 bits per heavy atom. The van der Waals surface area contributed by atoms with Gasteiger partial charge in [0, 0.05) is 18.0 Å². The fraction of sp³-hybridized carbons (Fsp3) is 0.364. The summed E-state index contributed by atoms with van der Waals surface area (Å²) in [5.74, 6) is 1.67. The average Bonchev–Trinajstić information content (AvgIpc) is 2.70. The van der Waals surface area contributed by atoms with Gasteiger partial charge < -0.3 is 10.6 Å². The molecule has 0 unspecified atom stereocenters. The quantitative estimate of drug-likeness (QED) is 0.657. The third-order valence-corrected chi connectivity index (χ3v) is 5.09. The van der Waals surface area contributed by atoms with Crippen molar-refractivity contribution in [2.45, 2.75) is 44.6 Å². The van der Waals surface area contributed by atoms with Gasteiger partial charge in [-0.25, -0.2) is 4.98 Å². The monoisotopic (exact) mass is 346 g/mol. The summed E-state index contributed by atoms with van der Waals surface area (Å²) < 4.78 is 0. The van der Waals surface area contributed by atoms with E-state index in [0.717, 1.165) is 29.7 Å². The van der Waals surface area contributed by atoms with Crippen LogP contribution in [0.3, 0.4) is 0 Å². The Morgan fingerprint density at radius 3 is 2.46 bits per heavy atom. The molecule has 4 rings (SSSR count). The smallest absolute Gasteiger partial charge is 0.225 e. The standard InChI is InChI=1S/C22H26N4/c1-3-9-17(10-4-1)15-16-23-22-25-20-14-8-7-13-19(20)21(26-22)24-18-11-5-2-6-12-18/h1,3-4,7-10,13-14,18H,2,5-6,11-12,15-16H2,(H2,23,24,25,26). The maximum absolute atomic E-state index is 4.79. The number of nitrogens with zero attached hydrogens (tertiary/aromatic N) is 2.